The third-order valence-corrected chi connectivity index (χ3v) is 5.97. The predicted octanol–water partition coefficient (Wildman–Crippen LogP) is 4.42. The summed E-state index contributed by atoms with van der Waals surface area (Å²) in [4.78, 5) is 37.4. The number of amides is 2. The highest BCUT2D eigenvalue weighted by atomic mass is 35.5. The number of nitrogens with one attached hydrogen (secondary N) is 1. The zero-order valence-electron chi connectivity index (χ0n) is 16.7. The maximum Gasteiger partial charge on any atom is 0.303 e. The Bertz CT molecular complexity index is 1070. The molecule has 0 bridgehead atoms. The van der Waals surface area contributed by atoms with E-state index >= 15 is 0 Å². The van der Waals surface area contributed by atoms with Gasteiger partial charge in [-0.2, -0.15) is 0 Å². The molecule has 0 aromatic heterocycles. The minimum absolute atomic E-state index is 0.0368. The van der Waals surface area contributed by atoms with Crippen molar-refractivity contribution in [1.29, 1.82) is 0 Å². The van der Waals surface area contributed by atoms with Crippen molar-refractivity contribution in [1.82, 2.24) is 4.90 Å². The molecule has 32 heavy (non-hydrogen) atoms. The van der Waals surface area contributed by atoms with Crippen LogP contribution >= 0.6 is 35.6 Å². The fourth-order valence-electron chi connectivity index (χ4n) is 2.83. The van der Waals surface area contributed by atoms with Crippen molar-refractivity contribution in [2.75, 3.05) is 18.5 Å². The second-order valence-corrected chi connectivity index (χ2v) is 8.82. The summed E-state index contributed by atoms with van der Waals surface area (Å²) < 4.78 is 6.05. The number of aliphatic carboxylic acids is 1. The Labute approximate surface area is 199 Å². The van der Waals surface area contributed by atoms with Gasteiger partial charge in [0.2, 0.25) is 0 Å². The average molecular weight is 491 g/mol. The van der Waals surface area contributed by atoms with Crippen LogP contribution in [0.4, 0.5) is 5.69 Å². The fraction of sp³-hybridized carbons (Fsp3) is 0.182. The van der Waals surface area contributed by atoms with Crippen LogP contribution in [0.5, 0.6) is 5.75 Å². The molecule has 2 N–H and O–H groups in total. The Hall–Kier alpha value is -2.88. The van der Waals surface area contributed by atoms with E-state index in [0.29, 0.717) is 37.7 Å². The van der Waals surface area contributed by atoms with E-state index in [0.717, 1.165) is 11.8 Å². The molecule has 2 aromatic rings. The summed E-state index contributed by atoms with van der Waals surface area (Å²) in [6, 6.07) is 13.7. The van der Waals surface area contributed by atoms with Gasteiger partial charge >= 0.3 is 5.97 Å². The van der Waals surface area contributed by atoms with Gasteiger partial charge < -0.3 is 15.2 Å². The topological polar surface area (TPSA) is 95.9 Å². The molecular formula is C22H19ClN2O5S2. The van der Waals surface area contributed by atoms with Crippen LogP contribution < -0.4 is 10.1 Å². The summed E-state index contributed by atoms with van der Waals surface area (Å²) in [6.45, 7) is 0.0287. The molecule has 1 fully saturated rings. The minimum atomic E-state index is -0.919. The van der Waals surface area contributed by atoms with Gasteiger partial charge in [-0.3, -0.25) is 19.3 Å². The first-order chi connectivity index (χ1) is 15.3. The lowest BCUT2D eigenvalue weighted by Crippen LogP contribution is -2.29. The number of hydrogen-bond donors (Lipinski definition) is 2. The van der Waals surface area contributed by atoms with E-state index < -0.39 is 5.97 Å². The number of carbonyl (C=O) groups excluding carboxylic acids is 2. The predicted molar refractivity (Wildman–Crippen MR) is 129 cm³/mol. The number of nitrogens with zero attached hydrogens (tertiary/aromatic N) is 1. The lowest BCUT2D eigenvalue weighted by molar-refractivity contribution is -0.137. The maximum absolute atomic E-state index is 12.7. The molecule has 1 aliphatic heterocycles. The molecule has 0 radical (unpaired) electrons. The van der Waals surface area contributed by atoms with E-state index in [1.807, 2.05) is 0 Å². The van der Waals surface area contributed by atoms with Gasteiger partial charge in [-0.1, -0.05) is 53.8 Å². The van der Waals surface area contributed by atoms with E-state index in [1.165, 1.54) is 4.90 Å². The van der Waals surface area contributed by atoms with Crippen LogP contribution in [0.3, 0.4) is 0 Å². The normalized spacial score (nSPS) is 14.7. The highest BCUT2D eigenvalue weighted by Gasteiger charge is 2.31. The number of benzene rings is 2. The summed E-state index contributed by atoms with van der Waals surface area (Å²) in [5.41, 5.74) is 1.22. The number of hydrogen-bond acceptors (Lipinski definition) is 6. The molecule has 166 valence electrons. The van der Waals surface area contributed by atoms with Gasteiger partial charge in [0.05, 0.1) is 4.91 Å². The van der Waals surface area contributed by atoms with Gasteiger partial charge in [0.1, 0.15) is 10.1 Å². The van der Waals surface area contributed by atoms with Crippen molar-refractivity contribution in [2.24, 2.45) is 0 Å². The smallest absolute Gasteiger partial charge is 0.303 e. The van der Waals surface area contributed by atoms with E-state index in [4.69, 9.17) is 33.7 Å². The van der Waals surface area contributed by atoms with Crippen molar-refractivity contribution < 1.29 is 24.2 Å². The molecule has 1 aliphatic rings. The first-order valence-corrected chi connectivity index (χ1v) is 11.2. The number of anilines is 1. The molecule has 1 saturated heterocycles. The van der Waals surface area contributed by atoms with Gasteiger partial charge in [0, 0.05) is 29.2 Å². The lowest BCUT2D eigenvalue weighted by Gasteiger charge is -2.13. The van der Waals surface area contributed by atoms with Gasteiger partial charge in [0.15, 0.2) is 6.61 Å². The van der Waals surface area contributed by atoms with Crippen molar-refractivity contribution in [3.05, 3.63) is 64.0 Å². The highest BCUT2D eigenvalue weighted by molar-refractivity contribution is 8.26. The monoisotopic (exact) mass is 490 g/mol. The molecule has 0 atom stereocenters. The number of halogens is 1. The molecule has 2 aromatic carbocycles. The van der Waals surface area contributed by atoms with Crippen molar-refractivity contribution >= 4 is 69.4 Å². The van der Waals surface area contributed by atoms with Crippen LogP contribution in [0.15, 0.2) is 53.4 Å². The number of carboxylic acids is 1. The van der Waals surface area contributed by atoms with Crippen LogP contribution in [0.2, 0.25) is 5.02 Å². The maximum atomic E-state index is 12.7. The first-order valence-electron chi connectivity index (χ1n) is 9.58. The van der Waals surface area contributed by atoms with Crippen LogP contribution in [-0.2, 0) is 14.4 Å². The largest absolute Gasteiger partial charge is 0.483 e. The van der Waals surface area contributed by atoms with Crippen molar-refractivity contribution in [3.63, 3.8) is 0 Å². The van der Waals surface area contributed by atoms with Crippen molar-refractivity contribution in [3.8, 4) is 5.75 Å². The molecule has 1 heterocycles. The quantitative estimate of drug-likeness (QED) is 0.396. The fourth-order valence-corrected chi connectivity index (χ4v) is 4.25. The number of thiocarbonyl (C=S) groups is 1. The molecule has 0 spiro atoms. The zero-order valence-corrected chi connectivity index (χ0v) is 19.1. The second kappa shape index (κ2) is 11.1. The average Bonchev–Trinajstić information content (AvgIpc) is 3.02. The Kier molecular flexibility index (Phi) is 8.26. The van der Waals surface area contributed by atoms with Crippen LogP contribution in [0, 0.1) is 0 Å². The molecule has 7 nitrogen and oxygen atoms in total. The van der Waals surface area contributed by atoms with E-state index in [-0.39, 0.29) is 31.4 Å². The number of rotatable bonds is 9. The summed E-state index contributed by atoms with van der Waals surface area (Å²) >= 11 is 12.3. The van der Waals surface area contributed by atoms with E-state index in [9.17, 15) is 14.4 Å². The Balaban J connectivity index is 1.64. The number of para-hydroxylation sites is 1. The summed E-state index contributed by atoms with van der Waals surface area (Å²) in [6.07, 6.45) is 1.94. The number of thioether (sulfide) groups is 1. The standard InChI is InChI=1S/C22H19ClN2O5S2/c23-15-7-9-16(10-8-15)24-19(26)13-30-17-5-2-1-4-14(17)12-18-21(29)25(22(31)32-18)11-3-6-20(27)28/h1-2,4-5,7-10,12H,3,6,11,13H2,(H,24,26)(H,27,28)/b18-12-. The molecule has 3 rings (SSSR count). The zero-order chi connectivity index (χ0) is 23.1. The van der Waals surface area contributed by atoms with Gasteiger partial charge in [0.25, 0.3) is 11.8 Å². The molecule has 10 heteroatoms. The molecule has 0 aliphatic carbocycles. The molecule has 0 saturated carbocycles. The third-order valence-electron chi connectivity index (χ3n) is 4.34. The Morgan fingerprint density at radius 3 is 2.62 bits per heavy atom. The summed E-state index contributed by atoms with van der Waals surface area (Å²) in [5.74, 6) is -1.10. The second-order valence-electron chi connectivity index (χ2n) is 6.71. The Morgan fingerprint density at radius 2 is 1.91 bits per heavy atom. The van der Waals surface area contributed by atoms with Gasteiger partial charge in [-0.15, -0.1) is 0 Å². The summed E-state index contributed by atoms with van der Waals surface area (Å²) in [7, 11) is 0. The molecular weight excluding hydrogens is 472 g/mol. The lowest BCUT2D eigenvalue weighted by atomic mass is 10.2. The van der Waals surface area contributed by atoms with Gasteiger partial charge in [-0.25, -0.2) is 0 Å². The highest BCUT2D eigenvalue weighted by Crippen LogP contribution is 2.34. The first kappa shape index (κ1) is 23.8. The third kappa shape index (κ3) is 6.56. The Morgan fingerprint density at radius 1 is 1.19 bits per heavy atom. The number of carboxylic acid groups (broad SMARTS) is 1. The SMILES string of the molecule is O=C(O)CCCN1C(=O)/C(=C/c2ccccc2OCC(=O)Nc2ccc(Cl)cc2)SC1=S. The summed E-state index contributed by atoms with van der Waals surface area (Å²) in [5, 5.41) is 12.1. The minimum Gasteiger partial charge on any atom is -0.483 e. The van der Waals surface area contributed by atoms with Crippen LogP contribution in [-0.4, -0.2) is 45.3 Å². The number of carbonyl (C=O) groups is 3. The van der Waals surface area contributed by atoms with E-state index in [2.05, 4.69) is 5.32 Å². The van der Waals surface area contributed by atoms with Crippen LogP contribution in [0.25, 0.3) is 6.08 Å². The molecule has 2 amide bonds. The molecule has 0 unspecified atom stereocenters. The van der Waals surface area contributed by atoms with E-state index in [1.54, 1.807) is 54.6 Å². The number of ether oxygens (including phenoxy) is 1. The van der Waals surface area contributed by atoms with Crippen LogP contribution in [0.1, 0.15) is 18.4 Å². The van der Waals surface area contributed by atoms with Gasteiger partial charge in [-0.05, 0) is 42.8 Å². The van der Waals surface area contributed by atoms with Crippen molar-refractivity contribution in [2.45, 2.75) is 12.8 Å².